The van der Waals surface area contributed by atoms with E-state index >= 15 is 0 Å². The van der Waals surface area contributed by atoms with Gasteiger partial charge in [0.15, 0.2) is 0 Å². The smallest absolute Gasteiger partial charge is 0.333 e. The Morgan fingerprint density at radius 3 is 2.79 bits per heavy atom. The molecule has 0 radical (unpaired) electrons. The highest BCUT2D eigenvalue weighted by atomic mass is 19.4. The molecule has 1 aromatic heterocycles. The number of aromatic nitrogens is 1. The van der Waals surface area contributed by atoms with Gasteiger partial charge in [-0.15, -0.1) is 0 Å². The number of nitrogens with zero attached hydrogens (tertiary/aromatic N) is 2. The van der Waals surface area contributed by atoms with Gasteiger partial charge in [-0.3, -0.25) is 9.78 Å². The molecule has 0 saturated carbocycles. The molecule has 0 atom stereocenters. The lowest BCUT2D eigenvalue weighted by molar-refractivity contribution is -0.138. The molecule has 0 spiro atoms. The van der Waals surface area contributed by atoms with Gasteiger partial charge < -0.3 is 10.6 Å². The van der Waals surface area contributed by atoms with Gasteiger partial charge in [0.25, 0.3) is 5.91 Å². The van der Waals surface area contributed by atoms with E-state index in [1.165, 1.54) is 18.5 Å². The molecule has 1 heterocycles. The number of pyridine rings is 1. The minimum atomic E-state index is -4.44. The van der Waals surface area contributed by atoms with Crippen LogP contribution in [0.3, 0.4) is 0 Å². The molecule has 0 aliphatic rings. The molecule has 1 rings (SSSR count). The van der Waals surface area contributed by atoms with Crippen LogP contribution in [0.1, 0.15) is 15.9 Å². The third-order valence-electron chi connectivity index (χ3n) is 2.14. The maximum Gasteiger partial charge on any atom is 0.406 e. The van der Waals surface area contributed by atoms with E-state index in [1.807, 2.05) is 0 Å². The first-order valence-electron chi connectivity index (χ1n) is 5.30. The molecule has 4 nitrogen and oxygen atoms in total. The second-order valence-corrected chi connectivity index (χ2v) is 3.70. The summed E-state index contributed by atoms with van der Waals surface area (Å²) in [6.07, 6.45) is -1.81. The van der Waals surface area contributed by atoms with E-state index in [9.17, 15) is 18.0 Å². The fourth-order valence-electron chi connectivity index (χ4n) is 1.37. The van der Waals surface area contributed by atoms with Crippen molar-refractivity contribution >= 4 is 5.91 Å². The van der Waals surface area contributed by atoms with Crippen molar-refractivity contribution in [3.05, 3.63) is 29.6 Å². The van der Waals surface area contributed by atoms with Crippen LogP contribution in [0.4, 0.5) is 13.2 Å². The van der Waals surface area contributed by atoms with Crippen LogP contribution >= 0.6 is 0 Å². The summed E-state index contributed by atoms with van der Waals surface area (Å²) in [5.74, 6) is 4.37. The van der Waals surface area contributed by atoms with Gasteiger partial charge in [0, 0.05) is 19.4 Å². The average molecular weight is 271 g/mol. The lowest BCUT2D eigenvalue weighted by atomic mass is 10.1. The van der Waals surface area contributed by atoms with E-state index < -0.39 is 18.6 Å². The van der Waals surface area contributed by atoms with Crippen molar-refractivity contribution in [1.29, 1.82) is 0 Å². The zero-order valence-corrected chi connectivity index (χ0v) is 10.2. The Morgan fingerprint density at radius 2 is 2.21 bits per heavy atom. The summed E-state index contributed by atoms with van der Waals surface area (Å²) >= 11 is 0. The highest BCUT2D eigenvalue weighted by Crippen LogP contribution is 2.17. The van der Waals surface area contributed by atoms with Crippen molar-refractivity contribution in [2.24, 2.45) is 5.73 Å². The van der Waals surface area contributed by atoms with Gasteiger partial charge in [0.05, 0.1) is 17.7 Å². The lowest BCUT2D eigenvalue weighted by Crippen LogP contribution is -2.36. The van der Waals surface area contributed by atoms with Crippen LogP contribution in [0.5, 0.6) is 0 Å². The van der Waals surface area contributed by atoms with Crippen molar-refractivity contribution in [3.63, 3.8) is 0 Å². The fraction of sp³-hybridized carbons (Fsp3) is 0.333. The molecule has 2 N–H and O–H groups in total. The van der Waals surface area contributed by atoms with Crippen LogP contribution in [0.25, 0.3) is 0 Å². The molecule has 102 valence electrons. The Balaban J connectivity index is 2.99. The fourth-order valence-corrected chi connectivity index (χ4v) is 1.37. The SMILES string of the molecule is CN(CC(F)(F)F)C(=O)c1ccncc1C#CCN. The highest BCUT2D eigenvalue weighted by Gasteiger charge is 2.31. The average Bonchev–Trinajstić information content (AvgIpc) is 2.33. The van der Waals surface area contributed by atoms with E-state index in [2.05, 4.69) is 16.8 Å². The summed E-state index contributed by atoms with van der Waals surface area (Å²) in [5.41, 5.74) is 5.54. The van der Waals surface area contributed by atoms with Crippen LogP contribution in [0, 0.1) is 11.8 Å². The van der Waals surface area contributed by atoms with Gasteiger partial charge in [0.1, 0.15) is 6.54 Å². The number of nitrogens with two attached hydrogens (primary N) is 1. The summed E-state index contributed by atoms with van der Waals surface area (Å²) in [5, 5.41) is 0. The largest absolute Gasteiger partial charge is 0.406 e. The number of amides is 1. The molecule has 0 aliphatic carbocycles. The van der Waals surface area contributed by atoms with Gasteiger partial charge in [-0.25, -0.2) is 0 Å². The number of hydrogen-bond acceptors (Lipinski definition) is 3. The molecule has 0 aliphatic heterocycles. The van der Waals surface area contributed by atoms with Gasteiger partial charge in [0.2, 0.25) is 0 Å². The molecule has 7 heteroatoms. The van der Waals surface area contributed by atoms with E-state index in [1.54, 1.807) is 0 Å². The number of carbonyl (C=O) groups is 1. The number of rotatable bonds is 2. The number of carbonyl (C=O) groups excluding carboxylic acids is 1. The van der Waals surface area contributed by atoms with Crippen molar-refractivity contribution in [3.8, 4) is 11.8 Å². The first-order chi connectivity index (χ1) is 8.85. The molecule has 19 heavy (non-hydrogen) atoms. The monoisotopic (exact) mass is 271 g/mol. The molecular weight excluding hydrogens is 259 g/mol. The Bertz CT molecular complexity index is 517. The number of halogens is 3. The molecular formula is C12H12F3N3O. The van der Waals surface area contributed by atoms with Crippen molar-refractivity contribution in [1.82, 2.24) is 9.88 Å². The first kappa shape index (κ1) is 15.0. The van der Waals surface area contributed by atoms with Crippen molar-refractivity contribution < 1.29 is 18.0 Å². The zero-order valence-electron chi connectivity index (χ0n) is 10.2. The van der Waals surface area contributed by atoms with Crippen LogP contribution < -0.4 is 5.73 Å². The second-order valence-electron chi connectivity index (χ2n) is 3.70. The lowest BCUT2D eigenvalue weighted by Gasteiger charge is -2.19. The Labute approximate surface area is 108 Å². The summed E-state index contributed by atoms with van der Waals surface area (Å²) in [6.45, 7) is -1.24. The third-order valence-corrected chi connectivity index (χ3v) is 2.14. The van der Waals surface area contributed by atoms with E-state index in [0.29, 0.717) is 4.90 Å². The maximum atomic E-state index is 12.2. The maximum absolute atomic E-state index is 12.2. The Kier molecular flexibility index (Phi) is 4.89. The van der Waals surface area contributed by atoms with Crippen LogP contribution in [0.15, 0.2) is 18.5 Å². The molecule has 0 saturated heterocycles. The Hall–Kier alpha value is -2.07. The van der Waals surface area contributed by atoms with Crippen LogP contribution in [-0.4, -0.2) is 42.1 Å². The third kappa shape index (κ3) is 4.60. The highest BCUT2D eigenvalue weighted by molar-refractivity contribution is 5.96. The summed E-state index contributed by atoms with van der Waals surface area (Å²) in [7, 11) is 1.08. The predicted octanol–water partition coefficient (Wildman–Crippen LogP) is 1.03. The zero-order chi connectivity index (χ0) is 14.5. The molecule has 1 amide bonds. The van der Waals surface area contributed by atoms with Gasteiger partial charge in [-0.05, 0) is 6.07 Å². The number of alkyl halides is 3. The Morgan fingerprint density at radius 1 is 1.53 bits per heavy atom. The molecule has 0 aromatic carbocycles. The van der Waals surface area contributed by atoms with E-state index in [0.717, 1.165) is 7.05 Å². The summed E-state index contributed by atoms with van der Waals surface area (Å²) < 4.78 is 36.7. The quantitative estimate of drug-likeness (QED) is 0.817. The number of hydrogen-bond donors (Lipinski definition) is 1. The first-order valence-corrected chi connectivity index (χ1v) is 5.30. The predicted molar refractivity (Wildman–Crippen MR) is 63.2 cm³/mol. The standard InChI is InChI=1S/C12H12F3N3O/c1-18(8-12(13,14)15)11(19)10-4-6-17-7-9(10)3-2-5-16/h4,6-7H,5,8,16H2,1H3. The van der Waals surface area contributed by atoms with Crippen LogP contribution in [0.2, 0.25) is 0 Å². The van der Waals surface area contributed by atoms with Gasteiger partial charge >= 0.3 is 6.18 Å². The minimum absolute atomic E-state index is 0.0719. The normalized spacial score (nSPS) is 10.6. The van der Waals surface area contributed by atoms with E-state index in [4.69, 9.17) is 5.73 Å². The van der Waals surface area contributed by atoms with E-state index in [-0.39, 0.29) is 17.7 Å². The molecule has 0 unspecified atom stereocenters. The minimum Gasteiger partial charge on any atom is -0.333 e. The molecule has 0 fully saturated rings. The molecule has 0 bridgehead atoms. The second kappa shape index (κ2) is 6.20. The topological polar surface area (TPSA) is 59.2 Å². The molecule has 1 aromatic rings. The summed E-state index contributed by atoms with van der Waals surface area (Å²) in [6, 6.07) is 1.33. The van der Waals surface area contributed by atoms with Gasteiger partial charge in [-0.2, -0.15) is 13.2 Å². The van der Waals surface area contributed by atoms with Crippen LogP contribution in [-0.2, 0) is 0 Å². The summed E-state index contributed by atoms with van der Waals surface area (Å²) in [4.78, 5) is 16.3. The van der Waals surface area contributed by atoms with Gasteiger partial charge in [-0.1, -0.05) is 11.8 Å². The van der Waals surface area contributed by atoms with Crippen molar-refractivity contribution in [2.75, 3.05) is 20.1 Å². The van der Waals surface area contributed by atoms with Crippen molar-refractivity contribution in [2.45, 2.75) is 6.18 Å².